The van der Waals surface area contributed by atoms with Crippen molar-refractivity contribution in [3.8, 4) is 0 Å². The van der Waals surface area contributed by atoms with E-state index >= 15 is 0 Å². The van der Waals surface area contributed by atoms with E-state index in [1.807, 2.05) is 19.1 Å². The van der Waals surface area contributed by atoms with Crippen molar-refractivity contribution in [3.63, 3.8) is 0 Å². The van der Waals surface area contributed by atoms with Gasteiger partial charge in [0.15, 0.2) is 0 Å². The Morgan fingerprint density at radius 3 is 2.73 bits per heavy atom. The summed E-state index contributed by atoms with van der Waals surface area (Å²) in [5, 5.41) is 3.30. The summed E-state index contributed by atoms with van der Waals surface area (Å²) in [4.78, 5) is 4.35. The van der Waals surface area contributed by atoms with Gasteiger partial charge in [-0.1, -0.05) is 13.8 Å². The first-order chi connectivity index (χ1) is 7.09. The van der Waals surface area contributed by atoms with Crippen LogP contribution in [-0.4, -0.2) is 11.5 Å². The first kappa shape index (κ1) is 11.8. The number of hydrogen-bond acceptors (Lipinski definition) is 3. The van der Waals surface area contributed by atoms with Gasteiger partial charge in [0.05, 0.1) is 11.4 Å². The maximum absolute atomic E-state index is 5.69. The van der Waals surface area contributed by atoms with Crippen LogP contribution in [0.3, 0.4) is 0 Å². The van der Waals surface area contributed by atoms with Crippen molar-refractivity contribution in [2.45, 2.75) is 33.6 Å². The fraction of sp³-hybridized carbons (Fsp3) is 0.583. The molecule has 0 amide bonds. The lowest BCUT2D eigenvalue weighted by molar-refractivity contribution is 0.566. The Morgan fingerprint density at radius 2 is 2.13 bits per heavy atom. The summed E-state index contributed by atoms with van der Waals surface area (Å²) in [5.41, 5.74) is 7.34. The molecular formula is C12H21N3. The third kappa shape index (κ3) is 4.19. The van der Waals surface area contributed by atoms with E-state index in [-0.39, 0.29) is 0 Å². The van der Waals surface area contributed by atoms with E-state index in [9.17, 15) is 0 Å². The molecule has 0 spiro atoms. The summed E-state index contributed by atoms with van der Waals surface area (Å²) in [7, 11) is 0. The van der Waals surface area contributed by atoms with Crippen molar-refractivity contribution >= 4 is 11.5 Å². The minimum Gasteiger partial charge on any atom is -0.397 e. The number of aryl methyl sites for hydroxylation is 1. The molecular weight excluding hydrogens is 186 g/mol. The quantitative estimate of drug-likeness (QED) is 0.730. The maximum Gasteiger partial charge on any atom is 0.126 e. The van der Waals surface area contributed by atoms with Gasteiger partial charge in [-0.15, -0.1) is 0 Å². The normalized spacial score (nSPS) is 10.7. The Balaban J connectivity index is 2.35. The zero-order chi connectivity index (χ0) is 11.3. The second kappa shape index (κ2) is 5.59. The van der Waals surface area contributed by atoms with E-state index in [1.165, 1.54) is 12.8 Å². The van der Waals surface area contributed by atoms with E-state index < -0.39 is 0 Å². The Hall–Kier alpha value is -1.25. The Morgan fingerprint density at radius 1 is 1.40 bits per heavy atom. The largest absolute Gasteiger partial charge is 0.397 e. The van der Waals surface area contributed by atoms with Crippen LogP contribution in [0.25, 0.3) is 0 Å². The molecule has 0 saturated heterocycles. The summed E-state index contributed by atoms with van der Waals surface area (Å²) in [6, 6.07) is 3.82. The van der Waals surface area contributed by atoms with Gasteiger partial charge in [0.2, 0.25) is 0 Å². The Labute approximate surface area is 92.1 Å². The van der Waals surface area contributed by atoms with Crippen LogP contribution in [0.2, 0.25) is 0 Å². The highest BCUT2D eigenvalue weighted by Gasteiger charge is 1.98. The molecule has 0 saturated carbocycles. The molecule has 0 radical (unpaired) electrons. The van der Waals surface area contributed by atoms with Crippen molar-refractivity contribution in [2.24, 2.45) is 5.92 Å². The summed E-state index contributed by atoms with van der Waals surface area (Å²) >= 11 is 0. The van der Waals surface area contributed by atoms with Gasteiger partial charge in [-0.2, -0.15) is 0 Å². The van der Waals surface area contributed by atoms with Crippen LogP contribution in [0.4, 0.5) is 11.5 Å². The number of pyridine rings is 1. The lowest BCUT2D eigenvalue weighted by atomic mass is 10.1. The molecule has 3 nitrogen and oxygen atoms in total. The van der Waals surface area contributed by atoms with Gasteiger partial charge in [0, 0.05) is 6.54 Å². The minimum absolute atomic E-state index is 0.753. The Kier molecular flexibility index (Phi) is 4.40. The van der Waals surface area contributed by atoms with Crippen LogP contribution in [0, 0.1) is 12.8 Å². The molecule has 1 heterocycles. The molecule has 0 unspecified atom stereocenters. The topological polar surface area (TPSA) is 50.9 Å². The molecule has 3 heteroatoms. The fourth-order valence-electron chi connectivity index (χ4n) is 1.40. The van der Waals surface area contributed by atoms with Gasteiger partial charge >= 0.3 is 0 Å². The molecule has 0 aliphatic heterocycles. The average molecular weight is 207 g/mol. The van der Waals surface area contributed by atoms with E-state index in [0.717, 1.165) is 29.7 Å². The average Bonchev–Trinajstić information content (AvgIpc) is 2.18. The first-order valence-electron chi connectivity index (χ1n) is 5.56. The third-order valence-electron chi connectivity index (χ3n) is 2.39. The van der Waals surface area contributed by atoms with Crippen molar-refractivity contribution < 1.29 is 0 Å². The highest BCUT2D eigenvalue weighted by molar-refractivity contribution is 5.48. The van der Waals surface area contributed by atoms with Gasteiger partial charge in [-0.05, 0) is 37.8 Å². The number of hydrogen-bond donors (Lipinski definition) is 2. The Bertz CT molecular complexity index is 308. The van der Waals surface area contributed by atoms with E-state index in [0.29, 0.717) is 0 Å². The zero-order valence-corrected chi connectivity index (χ0v) is 9.88. The summed E-state index contributed by atoms with van der Waals surface area (Å²) in [6.45, 7) is 7.39. The van der Waals surface area contributed by atoms with Gasteiger partial charge in [0.25, 0.3) is 0 Å². The molecule has 15 heavy (non-hydrogen) atoms. The van der Waals surface area contributed by atoms with Crippen molar-refractivity contribution in [3.05, 3.63) is 17.8 Å². The van der Waals surface area contributed by atoms with Gasteiger partial charge in [-0.3, -0.25) is 0 Å². The molecule has 1 aromatic rings. The molecule has 1 aromatic heterocycles. The van der Waals surface area contributed by atoms with Gasteiger partial charge < -0.3 is 11.1 Å². The molecule has 0 bridgehead atoms. The van der Waals surface area contributed by atoms with Crippen LogP contribution in [0.15, 0.2) is 12.1 Å². The van der Waals surface area contributed by atoms with Gasteiger partial charge in [0.1, 0.15) is 5.82 Å². The molecule has 0 aliphatic rings. The minimum atomic E-state index is 0.753. The van der Waals surface area contributed by atoms with Crippen LogP contribution < -0.4 is 11.1 Å². The maximum atomic E-state index is 5.69. The fourth-order valence-corrected chi connectivity index (χ4v) is 1.40. The monoisotopic (exact) mass is 207 g/mol. The van der Waals surface area contributed by atoms with Crippen LogP contribution in [0.5, 0.6) is 0 Å². The second-order valence-corrected chi connectivity index (χ2v) is 4.33. The highest BCUT2D eigenvalue weighted by atomic mass is 15.0. The second-order valence-electron chi connectivity index (χ2n) is 4.33. The third-order valence-corrected chi connectivity index (χ3v) is 2.39. The van der Waals surface area contributed by atoms with Crippen LogP contribution >= 0.6 is 0 Å². The lowest BCUT2D eigenvalue weighted by Gasteiger charge is -2.08. The highest BCUT2D eigenvalue weighted by Crippen LogP contribution is 2.12. The van der Waals surface area contributed by atoms with Crippen LogP contribution in [0.1, 0.15) is 32.4 Å². The number of nitrogen functional groups attached to an aromatic ring is 1. The van der Waals surface area contributed by atoms with Gasteiger partial charge in [-0.25, -0.2) is 4.98 Å². The number of anilines is 2. The lowest BCUT2D eigenvalue weighted by Crippen LogP contribution is -2.05. The number of nitrogens with two attached hydrogens (primary N) is 1. The molecule has 84 valence electrons. The molecule has 0 fully saturated rings. The number of aromatic nitrogens is 1. The molecule has 0 aliphatic carbocycles. The SMILES string of the molecule is Cc1nc(NCCCC(C)C)ccc1N. The number of rotatable bonds is 5. The predicted molar refractivity (Wildman–Crippen MR) is 65.9 cm³/mol. The van der Waals surface area contributed by atoms with E-state index in [2.05, 4.69) is 24.1 Å². The van der Waals surface area contributed by atoms with Crippen LogP contribution in [-0.2, 0) is 0 Å². The smallest absolute Gasteiger partial charge is 0.126 e. The van der Waals surface area contributed by atoms with Crippen molar-refractivity contribution in [2.75, 3.05) is 17.6 Å². The number of nitrogens with zero attached hydrogens (tertiary/aromatic N) is 1. The van der Waals surface area contributed by atoms with Crippen molar-refractivity contribution in [1.82, 2.24) is 4.98 Å². The van der Waals surface area contributed by atoms with E-state index in [4.69, 9.17) is 5.73 Å². The standard InChI is InChI=1S/C12H21N3/c1-9(2)5-4-8-14-12-7-6-11(13)10(3)15-12/h6-7,9H,4-5,8,13H2,1-3H3,(H,14,15). The molecule has 3 N–H and O–H groups in total. The summed E-state index contributed by atoms with van der Waals surface area (Å²) < 4.78 is 0. The zero-order valence-electron chi connectivity index (χ0n) is 9.88. The predicted octanol–water partition coefficient (Wildman–Crippen LogP) is 2.82. The van der Waals surface area contributed by atoms with E-state index in [1.54, 1.807) is 0 Å². The number of nitrogens with one attached hydrogen (secondary N) is 1. The molecule has 1 rings (SSSR count). The first-order valence-corrected chi connectivity index (χ1v) is 5.56. The molecule has 0 atom stereocenters. The summed E-state index contributed by atoms with van der Waals surface area (Å²) in [6.07, 6.45) is 2.43. The molecule has 0 aromatic carbocycles. The summed E-state index contributed by atoms with van der Waals surface area (Å²) in [5.74, 6) is 1.69. The van der Waals surface area contributed by atoms with Crippen molar-refractivity contribution in [1.29, 1.82) is 0 Å².